The van der Waals surface area contributed by atoms with Crippen molar-refractivity contribution >= 4 is 29.3 Å². The average molecular weight is 314 g/mol. The van der Waals surface area contributed by atoms with Gasteiger partial charge >= 0.3 is 99.2 Å². The second-order valence-corrected chi connectivity index (χ2v) is 6.77. The Morgan fingerprint density at radius 3 is 3.00 bits per heavy atom. The molecule has 0 saturated carbocycles. The Balaban J connectivity index is 2.67. The van der Waals surface area contributed by atoms with Gasteiger partial charge in [-0.1, -0.05) is 0 Å². The molecule has 1 heterocycles. The van der Waals surface area contributed by atoms with E-state index in [1.165, 1.54) is 12.6 Å². The van der Waals surface area contributed by atoms with Crippen molar-refractivity contribution in [3.8, 4) is 18.1 Å². The zero-order chi connectivity index (χ0) is 10.8. The van der Waals surface area contributed by atoms with Crippen LogP contribution in [-0.4, -0.2) is 27.5 Å². The molecule has 15 heavy (non-hydrogen) atoms. The third-order valence-corrected chi connectivity index (χ3v) is 5.43. The van der Waals surface area contributed by atoms with E-state index >= 15 is 0 Å². The minimum absolute atomic E-state index is 0.203. The third-order valence-electron chi connectivity index (χ3n) is 2.34. The monoisotopic (exact) mass is 316 g/mol. The summed E-state index contributed by atoms with van der Waals surface area (Å²) in [7, 11) is 1.69. The SMILES string of the molecule is C#CC[n+]1c(C)[te]c2ccc(OC)cc21. The van der Waals surface area contributed by atoms with Gasteiger partial charge in [0.1, 0.15) is 0 Å². The first-order valence-corrected chi connectivity index (χ1v) is 6.99. The number of nitrogens with zero attached hydrogens (tertiary/aromatic N) is 1. The summed E-state index contributed by atoms with van der Waals surface area (Å²) in [5.74, 6) is 3.60. The summed E-state index contributed by atoms with van der Waals surface area (Å²) in [6.07, 6.45) is 5.38. The number of benzene rings is 1. The first-order chi connectivity index (χ1) is 7.26. The Morgan fingerprint density at radius 2 is 2.33 bits per heavy atom. The number of ether oxygens (including phenoxy) is 1. The van der Waals surface area contributed by atoms with Gasteiger partial charge in [-0.2, -0.15) is 0 Å². The number of fused-ring (bicyclic) bond motifs is 1. The maximum atomic E-state index is 5.38. The summed E-state index contributed by atoms with van der Waals surface area (Å²) in [4.78, 5) is 0. The quantitative estimate of drug-likeness (QED) is 0.460. The van der Waals surface area contributed by atoms with Crippen molar-refractivity contribution in [2.45, 2.75) is 13.5 Å². The van der Waals surface area contributed by atoms with Crippen LogP contribution in [0.15, 0.2) is 18.2 Å². The van der Waals surface area contributed by atoms with Crippen LogP contribution in [0.1, 0.15) is 3.71 Å². The summed E-state index contributed by atoms with van der Waals surface area (Å²) in [5, 5.41) is 0. The molecule has 2 aromatic rings. The van der Waals surface area contributed by atoms with Crippen LogP contribution in [0.2, 0.25) is 0 Å². The summed E-state index contributed by atoms with van der Waals surface area (Å²) < 4.78 is 10.3. The summed E-state index contributed by atoms with van der Waals surface area (Å²) in [6.45, 7) is 2.84. The fraction of sp³-hybridized carbons (Fsp3) is 0.250. The van der Waals surface area contributed by atoms with Gasteiger partial charge in [0.2, 0.25) is 0 Å². The Bertz CT molecular complexity index is 536. The van der Waals surface area contributed by atoms with Gasteiger partial charge in [0.05, 0.1) is 0 Å². The van der Waals surface area contributed by atoms with Crippen molar-refractivity contribution in [1.82, 2.24) is 0 Å². The molecule has 0 saturated heterocycles. The van der Waals surface area contributed by atoms with E-state index in [2.05, 4.69) is 29.5 Å². The van der Waals surface area contributed by atoms with Gasteiger partial charge < -0.3 is 0 Å². The van der Waals surface area contributed by atoms with Crippen molar-refractivity contribution in [3.05, 3.63) is 21.9 Å². The number of methoxy groups -OCH3 is 1. The first-order valence-electron chi connectivity index (χ1n) is 4.66. The van der Waals surface area contributed by atoms with E-state index < -0.39 is 0 Å². The molecule has 0 atom stereocenters. The van der Waals surface area contributed by atoms with E-state index in [0.29, 0.717) is 6.54 Å². The first kappa shape index (κ1) is 10.6. The van der Waals surface area contributed by atoms with Crippen LogP contribution in [0.3, 0.4) is 0 Å². The van der Waals surface area contributed by atoms with E-state index in [1.54, 1.807) is 7.11 Å². The molecule has 0 aliphatic heterocycles. The second kappa shape index (κ2) is 4.27. The average Bonchev–Trinajstić information content (AvgIpc) is 2.55. The molecule has 1 aromatic heterocycles. The zero-order valence-electron chi connectivity index (χ0n) is 8.78. The molecule has 0 bridgehead atoms. The molecule has 0 unspecified atom stereocenters. The number of aryl methyl sites for hydroxylation is 1. The van der Waals surface area contributed by atoms with E-state index in [9.17, 15) is 0 Å². The molecule has 0 aliphatic carbocycles. The molecule has 1 aromatic carbocycles. The molecule has 2 nitrogen and oxygen atoms in total. The summed E-state index contributed by atoms with van der Waals surface area (Å²) in [6, 6.07) is 6.26. The molecule has 0 spiro atoms. The molecule has 2 rings (SSSR count). The fourth-order valence-electron chi connectivity index (χ4n) is 1.59. The van der Waals surface area contributed by atoms with E-state index in [0.717, 1.165) is 5.75 Å². The fourth-order valence-corrected chi connectivity index (χ4v) is 4.45. The number of hydrogen-bond donors (Lipinski definition) is 0. The Labute approximate surface area is 99.1 Å². The molecule has 3 heteroatoms. The number of terminal acetylenes is 1. The molecular formula is C12H12NOTe+. The van der Waals surface area contributed by atoms with E-state index in [4.69, 9.17) is 11.2 Å². The Kier molecular flexibility index (Phi) is 3.00. The predicted octanol–water partition coefficient (Wildman–Crippen LogP) is 1.13. The van der Waals surface area contributed by atoms with Crippen molar-refractivity contribution in [2.75, 3.05) is 7.11 Å². The molecule has 0 radical (unpaired) electrons. The number of rotatable bonds is 2. The van der Waals surface area contributed by atoms with Gasteiger partial charge in [-0.3, -0.25) is 0 Å². The van der Waals surface area contributed by atoms with Gasteiger partial charge in [0, 0.05) is 0 Å². The van der Waals surface area contributed by atoms with Crippen molar-refractivity contribution in [2.24, 2.45) is 0 Å². The predicted molar refractivity (Wildman–Crippen MR) is 61.2 cm³/mol. The molecular weight excluding hydrogens is 302 g/mol. The summed E-state index contributed by atoms with van der Waals surface area (Å²) in [5.41, 5.74) is 1.24. The van der Waals surface area contributed by atoms with Crippen LogP contribution in [-0.2, 0) is 6.54 Å². The molecule has 0 amide bonds. The second-order valence-electron chi connectivity index (χ2n) is 3.25. The Morgan fingerprint density at radius 1 is 1.53 bits per heavy atom. The summed E-state index contributed by atoms with van der Waals surface area (Å²) >= 11 is -0.203. The molecule has 0 N–H and O–H groups in total. The van der Waals surface area contributed by atoms with Crippen molar-refractivity contribution < 1.29 is 9.30 Å². The van der Waals surface area contributed by atoms with Gasteiger partial charge in [0.25, 0.3) is 0 Å². The molecule has 76 valence electrons. The topological polar surface area (TPSA) is 13.1 Å². The molecule has 0 fully saturated rings. The van der Waals surface area contributed by atoms with Crippen LogP contribution < -0.4 is 9.30 Å². The van der Waals surface area contributed by atoms with Crippen molar-refractivity contribution in [1.29, 1.82) is 0 Å². The minimum atomic E-state index is -0.203. The van der Waals surface area contributed by atoms with Gasteiger partial charge in [-0.15, -0.1) is 0 Å². The van der Waals surface area contributed by atoms with Crippen LogP contribution in [0.5, 0.6) is 5.75 Å². The van der Waals surface area contributed by atoms with Crippen LogP contribution >= 0.6 is 0 Å². The normalized spacial score (nSPS) is 10.2. The van der Waals surface area contributed by atoms with Gasteiger partial charge in [-0.25, -0.2) is 0 Å². The van der Waals surface area contributed by atoms with Gasteiger partial charge in [-0.05, 0) is 0 Å². The standard InChI is InChI=1S/C12H12NOTe/c1-4-7-13-9(2)15-12-6-5-10(14-3)8-11(12)13/h1,5-6,8H,7H2,2-3H3/q+1. The third kappa shape index (κ3) is 1.88. The van der Waals surface area contributed by atoms with Crippen molar-refractivity contribution in [3.63, 3.8) is 0 Å². The Hall–Kier alpha value is -0.960. The van der Waals surface area contributed by atoms with Crippen LogP contribution in [0.4, 0.5) is 0 Å². The zero-order valence-corrected chi connectivity index (χ0v) is 11.1. The van der Waals surface area contributed by atoms with Crippen LogP contribution in [0.25, 0.3) is 8.92 Å². The number of aromatic nitrogens is 1. The van der Waals surface area contributed by atoms with Crippen LogP contribution in [0, 0.1) is 19.3 Å². The van der Waals surface area contributed by atoms with E-state index in [-0.39, 0.29) is 20.4 Å². The molecule has 0 aliphatic rings. The number of hydrogen-bond acceptors (Lipinski definition) is 1. The van der Waals surface area contributed by atoms with Gasteiger partial charge in [0.15, 0.2) is 0 Å². The van der Waals surface area contributed by atoms with E-state index in [1.807, 2.05) is 6.07 Å². The maximum absolute atomic E-state index is 5.38.